The minimum atomic E-state index is -3.86. The van der Waals surface area contributed by atoms with E-state index in [9.17, 15) is 18.0 Å². The van der Waals surface area contributed by atoms with E-state index in [0.29, 0.717) is 26.7 Å². The van der Waals surface area contributed by atoms with Gasteiger partial charge in [-0.3, -0.25) is 14.8 Å². The van der Waals surface area contributed by atoms with Gasteiger partial charge in [-0.1, -0.05) is 17.4 Å². The van der Waals surface area contributed by atoms with Gasteiger partial charge in [0.1, 0.15) is 5.75 Å². The third-order valence-electron chi connectivity index (χ3n) is 4.78. The molecule has 0 bridgehead atoms. The van der Waals surface area contributed by atoms with Crippen LogP contribution in [0.2, 0.25) is 0 Å². The van der Waals surface area contributed by atoms with Gasteiger partial charge in [0.15, 0.2) is 5.13 Å². The van der Waals surface area contributed by atoms with Crippen LogP contribution in [0, 0.1) is 0 Å². The molecule has 3 aromatic carbocycles. The fraction of sp³-hybridized carbons (Fsp3) is 0.0870. The molecule has 174 valence electrons. The molecule has 11 heteroatoms. The number of sulfonamides is 1. The number of carbonyl (C=O) groups excluding carboxylic acids is 2. The van der Waals surface area contributed by atoms with Gasteiger partial charge in [-0.2, -0.15) is 0 Å². The van der Waals surface area contributed by atoms with E-state index in [2.05, 4.69) is 15.0 Å². The lowest BCUT2D eigenvalue weighted by Gasteiger charge is -2.10. The zero-order valence-corrected chi connectivity index (χ0v) is 19.7. The maximum atomic E-state index is 12.8. The highest BCUT2D eigenvalue weighted by molar-refractivity contribution is 7.92. The highest BCUT2D eigenvalue weighted by atomic mass is 32.2. The van der Waals surface area contributed by atoms with Crippen molar-refractivity contribution in [3.8, 4) is 5.75 Å². The van der Waals surface area contributed by atoms with Crippen molar-refractivity contribution in [1.82, 2.24) is 4.98 Å². The number of benzene rings is 3. The second-order valence-corrected chi connectivity index (χ2v) is 9.72. The van der Waals surface area contributed by atoms with E-state index < -0.39 is 21.9 Å². The summed E-state index contributed by atoms with van der Waals surface area (Å²) in [7, 11) is -1.06. The Bertz CT molecular complexity index is 1480. The summed E-state index contributed by atoms with van der Waals surface area (Å²) in [5, 5.41) is 3.05. The van der Waals surface area contributed by atoms with Crippen LogP contribution in [0.25, 0.3) is 10.2 Å². The zero-order valence-electron chi connectivity index (χ0n) is 18.1. The van der Waals surface area contributed by atoms with Gasteiger partial charge in [0.25, 0.3) is 15.9 Å². The summed E-state index contributed by atoms with van der Waals surface area (Å²) in [6.07, 6.45) is 0. The highest BCUT2D eigenvalue weighted by Gasteiger charge is 2.16. The van der Waals surface area contributed by atoms with Crippen molar-refractivity contribution in [3.63, 3.8) is 0 Å². The summed E-state index contributed by atoms with van der Waals surface area (Å²) in [5.74, 6) is -0.387. The number of esters is 1. The lowest BCUT2D eigenvalue weighted by Crippen LogP contribution is -2.15. The zero-order chi connectivity index (χ0) is 24.3. The molecule has 1 aromatic heterocycles. The molecule has 0 aliphatic rings. The van der Waals surface area contributed by atoms with Crippen molar-refractivity contribution in [2.24, 2.45) is 0 Å². The SMILES string of the molecule is COC(=O)c1ccc2nc(NC(=O)c3cccc(NS(=O)(=O)c4ccc(OC)cc4)c3)sc2c1. The first kappa shape index (κ1) is 23.2. The van der Waals surface area contributed by atoms with Gasteiger partial charge in [-0.25, -0.2) is 18.2 Å². The first-order valence-corrected chi connectivity index (χ1v) is 12.2. The summed E-state index contributed by atoms with van der Waals surface area (Å²) < 4.78 is 38.3. The number of thiazole rings is 1. The molecule has 0 radical (unpaired) electrons. The van der Waals surface area contributed by atoms with E-state index in [0.717, 1.165) is 0 Å². The quantitative estimate of drug-likeness (QED) is 0.368. The molecule has 2 N–H and O–H groups in total. The van der Waals surface area contributed by atoms with Crippen LogP contribution in [0.1, 0.15) is 20.7 Å². The molecule has 1 amide bonds. The molecule has 0 saturated heterocycles. The fourth-order valence-corrected chi connectivity index (χ4v) is 5.03. The summed E-state index contributed by atoms with van der Waals surface area (Å²) in [6, 6.07) is 17.0. The summed E-state index contributed by atoms with van der Waals surface area (Å²) in [6.45, 7) is 0. The number of nitrogens with zero attached hydrogens (tertiary/aromatic N) is 1. The Hall–Kier alpha value is -3.96. The molecule has 1 heterocycles. The molecule has 0 aliphatic carbocycles. The van der Waals surface area contributed by atoms with Crippen LogP contribution in [-0.4, -0.2) is 39.5 Å². The molecule has 0 unspecified atom stereocenters. The molecule has 0 fully saturated rings. The molecular formula is C23H19N3O6S2. The summed E-state index contributed by atoms with van der Waals surface area (Å²) >= 11 is 1.20. The lowest BCUT2D eigenvalue weighted by atomic mass is 10.2. The van der Waals surface area contributed by atoms with Crippen molar-refractivity contribution in [3.05, 3.63) is 77.9 Å². The fourth-order valence-electron chi connectivity index (χ4n) is 3.09. The Morgan fingerprint density at radius 2 is 1.71 bits per heavy atom. The third kappa shape index (κ3) is 5.00. The number of ether oxygens (including phenoxy) is 2. The molecule has 4 aromatic rings. The first-order chi connectivity index (χ1) is 16.3. The number of anilines is 2. The number of hydrogen-bond acceptors (Lipinski definition) is 8. The average molecular weight is 498 g/mol. The van der Waals surface area contributed by atoms with Gasteiger partial charge in [0.2, 0.25) is 0 Å². The van der Waals surface area contributed by atoms with Crippen molar-refractivity contribution >= 4 is 54.3 Å². The van der Waals surface area contributed by atoms with Crippen molar-refractivity contribution in [1.29, 1.82) is 0 Å². The Kier molecular flexibility index (Phi) is 6.48. The maximum Gasteiger partial charge on any atom is 0.337 e. The maximum absolute atomic E-state index is 12.8. The van der Waals surface area contributed by atoms with Crippen molar-refractivity contribution in [2.45, 2.75) is 4.90 Å². The minimum Gasteiger partial charge on any atom is -0.497 e. The van der Waals surface area contributed by atoms with Crippen LogP contribution in [0.3, 0.4) is 0 Å². The van der Waals surface area contributed by atoms with Crippen LogP contribution < -0.4 is 14.8 Å². The molecule has 0 atom stereocenters. The highest BCUT2D eigenvalue weighted by Crippen LogP contribution is 2.28. The lowest BCUT2D eigenvalue weighted by molar-refractivity contribution is 0.0600. The number of amides is 1. The largest absolute Gasteiger partial charge is 0.497 e. The van der Waals surface area contributed by atoms with Crippen molar-refractivity contribution < 1.29 is 27.5 Å². The molecule has 34 heavy (non-hydrogen) atoms. The Balaban J connectivity index is 1.51. The summed E-state index contributed by atoms with van der Waals surface area (Å²) in [5.41, 5.74) is 1.47. The number of nitrogens with one attached hydrogen (secondary N) is 2. The number of fused-ring (bicyclic) bond motifs is 1. The topological polar surface area (TPSA) is 124 Å². The Morgan fingerprint density at radius 3 is 2.41 bits per heavy atom. The first-order valence-electron chi connectivity index (χ1n) is 9.86. The van der Waals surface area contributed by atoms with Crippen LogP contribution >= 0.6 is 11.3 Å². The van der Waals surface area contributed by atoms with Crippen LogP contribution in [0.5, 0.6) is 5.75 Å². The third-order valence-corrected chi connectivity index (χ3v) is 7.11. The van der Waals surface area contributed by atoms with Crippen LogP contribution in [0.4, 0.5) is 10.8 Å². The molecule has 9 nitrogen and oxygen atoms in total. The molecule has 0 aliphatic heterocycles. The number of carbonyl (C=O) groups is 2. The van der Waals surface area contributed by atoms with E-state index in [1.54, 1.807) is 48.5 Å². The van der Waals surface area contributed by atoms with Gasteiger partial charge in [0.05, 0.1) is 34.9 Å². The molecule has 4 rings (SSSR count). The molecule has 0 saturated carbocycles. The Labute approximate surface area is 199 Å². The van der Waals surface area contributed by atoms with Gasteiger partial charge in [-0.15, -0.1) is 0 Å². The second-order valence-electron chi connectivity index (χ2n) is 7.01. The number of rotatable bonds is 7. The molecule has 0 spiro atoms. The smallest absolute Gasteiger partial charge is 0.337 e. The van der Waals surface area contributed by atoms with E-state index in [1.165, 1.54) is 43.8 Å². The van der Waals surface area contributed by atoms with E-state index in [1.807, 2.05) is 0 Å². The monoisotopic (exact) mass is 497 g/mol. The van der Waals surface area contributed by atoms with Crippen LogP contribution in [0.15, 0.2) is 71.6 Å². The minimum absolute atomic E-state index is 0.0592. The standard InChI is InChI=1S/C23H19N3O6S2/c1-31-17-7-9-18(10-8-17)34(29,30)26-16-5-3-4-14(12-16)21(27)25-23-24-19-11-6-15(22(28)32-2)13-20(19)33-23/h3-13,26H,1-2H3,(H,24,25,27). The van der Waals surface area contributed by atoms with Gasteiger partial charge in [0, 0.05) is 11.3 Å². The van der Waals surface area contributed by atoms with E-state index >= 15 is 0 Å². The van der Waals surface area contributed by atoms with Gasteiger partial charge >= 0.3 is 5.97 Å². The Morgan fingerprint density at radius 1 is 0.941 bits per heavy atom. The van der Waals surface area contributed by atoms with E-state index in [-0.39, 0.29) is 16.1 Å². The number of methoxy groups -OCH3 is 2. The average Bonchev–Trinajstić information content (AvgIpc) is 3.24. The molecular weight excluding hydrogens is 478 g/mol. The predicted octanol–water partition coefficient (Wildman–Crippen LogP) is 4.14. The normalized spacial score (nSPS) is 11.1. The number of aromatic nitrogens is 1. The van der Waals surface area contributed by atoms with Gasteiger partial charge < -0.3 is 9.47 Å². The van der Waals surface area contributed by atoms with Crippen molar-refractivity contribution in [2.75, 3.05) is 24.3 Å². The number of hydrogen-bond donors (Lipinski definition) is 2. The van der Waals surface area contributed by atoms with E-state index in [4.69, 9.17) is 9.47 Å². The van der Waals surface area contributed by atoms with Gasteiger partial charge in [-0.05, 0) is 60.7 Å². The van der Waals surface area contributed by atoms with Crippen LogP contribution in [-0.2, 0) is 14.8 Å². The second kappa shape index (κ2) is 9.49. The predicted molar refractivity (Wildman–Crippen MR) is 129 cm³/mol. The summed E-state index contributed by atoms with van der Waals surface area (Å²) in [4.78, 5) is 28.9.